The minimum absolute atomic E-state index is 0.0543. The number of rotatable bonds is 7. The normalized spacial score (nSPS) is 16.6. The van der Waals surface area contributed by atoms with Crippen LogP contribution in [0.3, 0.4) is 0 Å². The van der Waals surface area contributed by atoms with Crippen molar-refractivity contribution in [2.45, 2.75) is 0 Å². The first-order valence-corrected chi connectivity index (χ1v) is 16.0. The highest BCUT2D eigenvalue weighted by molar-refractivity contribution is 6.39. The second-order valence-electron chi connectivity index (χ2n) is 10.2. The molecule has 0 atom stereocenters. The molecule has 4 aromatic rings. The summed E-state index contributed by atoms with van der Waals surface area (Å²) in [5.74, 6) is -0.109. The van der Waals surface area contributed by atoms with Crippen LogP contribution in [-0.2, 0) is 9.59 Å². The summed E-state index contributed by atoms with van der Waals surface area (Å²) in [6, 6.07) is 23.9. The largest absolute Gasteiger partial charge is 0.289 e. The zero-order valence-electron chi connectivity index (χ0n) is 23.5. The first-order valence-electron chi connectivity index (χ1n) is 13.7. The topological polar surface area (TPSA) is 65.3 Å². The number of aliphatic imine (C=N–C) groups is 2. The predicted molar refractivity (Wildman–Crippen MR) is 188 cm³/mol. The summed E-state index contributed by atoms with van der Waals surface area (Å²) in [6.07, 6.45) is 3.33. The van der Waals surface area contributed by atoms with Gasteiger partial charge in [0, 0.05) is 44.3 Å². The van der Waals surface area contributed by atoms with Gasteiger partial charge in [-0.05, 0) is 83.9 Å². The fraction of sp³-hybridized carbons (Fsp3) is 0.0588. The minimum Gasteiger partial charge on any atom is -0.289 e. The molecule has 0 unspecified atom stereocenters. The Balaban J connectivity index is 1.36. The van der Waals surface area contributed by atoms with Crippen molar-refractivity contribution in [1.82, 2.24) is 9.80 Å². The molecule has 0 aromatic heterocycles. The fourth-order valence-electron chi connectivity index (χ4n) is 4.90. The quantitative estimate of drug-likeness (QED) is 0.178. The van der Waals surface area contributed by atoms with E-state index in [1.807, 2.05) is 0 Å². The molecular weight excluding hydrogens is 709 g/mol. The van der Waals surface area contributed by atoms with E-state index >= 15 is 0 Å². The Kier molecular flexibility index (Phi) is 9.57. The Bertz CT molecular complexity index is 1860. The van der Waals surface area contributed by atoms with Crippen molar-refractivity contribution in [3.8, 4) is 0 Å². The molecule has 46 heavy (non-hydrogen) atoms. The van der Waals surface area contributed by atoms with Gasteiger partial charge < -0.3 is 0 Å². The SMILES string of the molecule is O=C1C(=Cc2ccc(Cl)cc2)N=C(c2ccc(Cl)cc2Cl)N1CCN1C(=O)C(=Cc2ccc(Cl)cc2)N=C1c1ccc(Cl)cc1Cl. The molecule has 6 rings (SSSR count). The van der Waals surface area contributed by atoms with Crippen molar-refractivity contribution < 1.29 is 9.59 Å². The molecule has 2 aliphatic rings. The van der Waals surface area contributed by atoms with Crippen LogP contribution in [-0.4, -0.2) is 46.4 Å². The minimum atomic E-state index is -0.373. The molecule has 2 heterocycles. The number of hydrogen-bond acceptors (Lipinski definition) is 4. The molecule has 2 aliphatic heterocycles. The Morgan fingerprint density at radius 2 is 0.848 bits per heavy atom. The average molecular weight is 729 g/mol. The lowest BCUT2D eigenvalue weighted by Gasteiger charge is -2.24. The van der Waals surface area contributed by atoms with E-state index in [-0.39, 0.29) is 36.3 Å². The van der Waals surface area contributed by atoms with Gasteiger partial charge in [0.05, 0.1) is 10.0 Å². The molecule has 0 saturated carbocycles. The molecule has 0 N–H and O–H groups in total. The number of amides is 2. The van der Waals surface area contributed by atoms with Crippen LogP contribution >= 0.6 is 69.6 Å². The van der Waals surface area contributed by atoms with Crippen LogP contribution in [0, 0.1) is 0 Å². The third kappa shape index (κ3) is 6.88. The molecule has 4 aromatic carbocycles. The number of carbonyl (C=O) groups is 2. The second-order valence-corrected chi connectivity index (χ2v) is 12.8. The van der Waals surface area contributed by atoms with Gasteiger partial charge in [-0.25, -0.2) is 9.98 Å². The first kappa shape index (κ1) is 32.3. The zero-order chi connectivity index (χ0) is 32.5. The van der Waals surface area contributed by atoms with Crippen molar-refractivity contribution in [2.24, 2.45) is 9.98 Å². The molecule has 230 valence electrons. The lowest BCUT2D eigenvalue weighted by Crippen LogP contribution is -2.43. The molecule has 0 saturated heterocycles. The molecule has 12 heteroatoms. The van der Waals surface area contributed by atoms with E-state index in [1.54, 1.807) is 97.1 Å². The van der Waals surface area contributed by atoms with Gasteiger partial charge in [0.2, 0.25) is 0 Å². The van der Waals surface area contributed by atoms with Gasteiger partial charge in [-0.3, -0.25) is 19.4 Å². The third-order valence-electron chi connectivity index (χ3n) is 7.13. The monoisotopic (exact) mass is 726 g/mol. The van der Waals surface area contributed by atoms with Gasteiger partial charge in [0.1, 0.15) is 23.1 Å². The van der Waals surface area contributed by atoms with Gasteiger partial charge in [0.15, 0.2) is 0 Å². The molecule has 2 amide bonds. The Labute approximate surface area is 294 Å². The summed E-state index contributed by atoms with van der Waals surface area (Å²) in [5.41, 5.74) is 2.86. The Hall–Kier alpha value is -3.62. The molecule has 0 fully saturated rings. The van der Waals surface area contributed by atoms with Crippen LogP contribution in [0.5, 0.6) is 0 Å². The van der Waals surface area contributed by atoms with Gasteiger partial charge in [-0.2, -0.15) is 0 Å². The maximum Gasteiger partial charge on any atom is 0.278 e. The van der Waals surface area contributed by atoms with Crippen LogP contribution < -0.4 is 0 Å². The predicted octanol–water partition coefficient (Wildman–Crippen LogP) is 9.57. The van der Waals surface area contributed by atoms with Crippen molar-refractivity contribution in [2.75, 3.05) is 13.1 Å². The zero-order valence-corrected chi connectivity index (χ0v) is 28.1. The molecule has 0 bridgehead atoms. The van der Waals surface area contributed by atoms with Crippen molar-refractivity contribution >= 4 is 105 Å². The van der Waals surface area contributed by atoms with Crippen LogP contribution in [0.15, 0.2) is 106 Å². The van der Waals surface area contributed by atoms with E-state index in [2.05, 4.69) is 9.98 Å². The van der Waals surface area contributed by atoms with E-state index in [1.165, 1.54) is 9.80 Å². The number of halogens is 6. The maximum absolute atomic E-state index is 13.9. The Morgan fingerprint density at radius 3 is 1.20 bits per heavy atom. The summed E-state index contributed by atoms with van der Waals surface area (Å²) in [4.78, 5) is 40.0. The van der Waals surface area contributed by atoms with Gasteiger partial charge in [0.25, 0.3) is 11.8 Å². The van der Waals surface area contributed by atoms with E-state index < -0.39 is 0 Å². The first-order chi connectivity index (χ1) is 22.1. The molecular formula is C34H20Cl6N4O2. The summed E-state index contributed by atoms with van der Waals surface area (Å²) in [6.45, 7) is 0.109. The molecule has 0 radical (unpaired) electrons. The van der Waals surface area contributed by atoms with Crippen molar-refractivity contribution in [3.63, 3.8) is 0 Å². The number of amidine groups is 2. The third-order valence-corrected chi connectivity index (χ3v) is 8.73. The highest BCUT2D eigenvalue weighted by atomic mass is 35.5. The maximum atomic E-state index is 13.9. The lowest BCUT2D eigenvalue weighted by molar-refractivity contribution is -0.125. The fourth-order valence-corrected chi connectivity index (χ4v) is 6.14. The van der Waals surface area contributed by atoms with Crippen LogP contribution in [0.4, 0.5) is 0 Å². The molecule has 6 nitrogen and oxygen atoms in total. The van der Waals surface area contributed by atoms with Crippen molar-refractivity contribution in [1.29, 1.82) is 0 Å². The summed E-state index contributed by atoms with van der Waals surface area (Å²) in [7, 11) is 0. The number of nitrogens with zero attached hydrogens (tertiary/aromatic N) is 4. The van der Waals surface area contributed by atoms with Gasteiger partial charge in [-0.1, -0.05) is 93.9 Å². The van der Waals surface area contributed by atoms with E-state index in [4.69, 9.17) is 69.6 Å². The van der Waals surface area contributed by atoms with Gasteiger partial charge >= 0.3 is 0 Å². The van der Waals surface area contributed by atoms with E-state index in [0.29, 0.717) is 52.9 Å². The molecule has 0 aliphatic carbocycles. The highest BCUT2D eigenvalue weighted by Gasteiger charge is 2.36. The average Bonchev–Trinajstić information content (AvgIpc) is 3.49. The smallest absolute Gasteiger partial charge is 0.278 e. The lowest BCUT2D eigenvalue weighted by atomic mass is 10.1. The van der Waals surface area contributed by atoms with Crippen molar-refractivity contribution in [3.05, 3.63) is 149 Å². The van der Waals surface area contributed by atoms with Crippen LogP contribution in [0.1, 0.15) is 22.3 Å². The summed E-state index contributed by atoms with van der Waals surface area (Å²) >= 11 is 37.6. The van der Waals surface area contributed by atoms with E-state index in [9.17, 15) is 9.59 Å². The van der Waals surface area contributed by atoms with Gasteiger partial charge in [-0.15, -0.1) is 0 Å². The van der Waals surface area contributed by atoms with Crippen LogP contribution in [0.2, 0.25) is 30.1 Å². The standard InChI is InChI=1S/C34H20Cl6N4O2/c35-21-5-1-19(2-6-21)15-29-33(45)43(31(41-29)25-11-9-23(37)17-27(25)39)13-14-44-32(26-12-10-24(38)18-28(26)40)42-30(34(44)46)16-20-3-7-22(36)8-4-20/h1-12,15-18H,13-14H2. The summed E-state index contributed by atoms with van der Waals surface area (Å²) < 4.78 is 0. The Morgan fingerprint density at radius 1 is 0.500 bits per heavy atom. The summed E-state index contributed by atoms with van der Waals surface area (Å²) in [5, 5.41) is 2.64. The highest BCUT2D eigenvalue weighted by Crippen LogP contribution is 2.31. The number of benzene rings is 4. The number of carbonyl (C=O) groups excluding carboxylic acids is 2. The van der Waals surface area contributed by atoms with E-state index in [0.717, 1.165) is 11.1 Å². The second kappa shape index (κ2) is 13.6. The molecule has 0 spiro atoms. The number of hydrogen-bond donors (Lipinski definition) is 0. The van der Waals surface area contributed by atoms with Crippen LogP contribution in [0.25, 0.3) is 12.2 Å².